The summed E-state index contributed by atoms with van der Waals surface area (Å²) in [5, 5.41) is 0. The number of fused-ring (bicyclic) bond motifs is 1. The lowest BCUT2D eigenvalue weighted by atomic mass is 9.74. The van der Waals surface area contributed by atoms with Crippen molar-refractivity contribution in [3.63, 3.8) is 0 Å². The molecule has 1 saturated carbocycles. The van der Waals surface area contributed by atoms with Gasteiger partial charge in [0.05, 0.1) is 0 Å². The average Bonchev–Trinajstić information content (AvgIpc) is 2.84. The second kappa shape index (κ2) is 5.59. The molecular weight excluding hydrogens is 234 g/mol. The van der Waals surface area contributed by atoms with Crippen LogP contribution in [-0.2, 0) is 6.42 Å². The highest BCUT2D eigenvalue weighted by Gasteiger charge is 2.36. The Labute approximate surface area is 116 Å². The molecule has 4 unspecified atom stereocenters. The van der Waals surface area contributed by atoms with Crippen LogP contribution in [0.25, 0.3) is 0 Å². The van der Waals surface area contributed by atoms with Gasteiger partial charge in [-0.2, -0.15) is 0 Å². The molecule has 3 heteroatoms. The molecule has 1 fully saturated rings. The molecule has 2 aliphatic rings. The van der Waals surface area contributed by atoms with Crippen LogP contribution in [0.15, 0.2) is 18.3 Å². The number of aromatic nitrogens is 1. The number of aryl methyl sites for hydroxylation is 1. The highest BCUT2D eigenvalue weighted by molar-refractivity contribution is 5.30. The smallest absolute Gasteiger partial charge is 0.0482 e. The van der Waals surface area contributed by atoms with E-state index in [1.165, 1.54) is 43.4 Å². The summed E-state index contributed by atoms with van der Waals surface area (Å²) in [5.74, 6) is 7.98. The summed E-state index contributed by atoms with van der Waals surface area (Å²) in [6.07, 6.45) is 9.65. The van der Waals surface area contributed by atoms with Crippen molar-refractivity contribution < 1.29 is 0 Å². The zero-order valence-electron chi connectivity index (χ0n) is 11.8. The van der Waals surface area contributed by atoms with Crippen LogP contribution in [0.1, 0.15) is 56.2 Å². The van der Waals surface area contributed by atoms with Crippen molar-refractivity contribution in [2.45, 2.75) is 57.4 Å². The summed E-state index contributed by atoms with van der Waals surface area (Å²) in [6.45, 7) is 2.38. The third-order valence-electron chi connectivity index (χ3n) is 5.11. The monoisotopic (exact) mass is 259 g/mol. The van der Waals surface area contributed by atoms with Gasteiger partial charge in [-0.3, -0.25) is 16.3 Å². The summed E-state index contributed by atoms with van der Waals surface area (Å²) < 4.78 is 0. The van der Waals surface area contributed by atoms with Crippen LogP contribution in [-0.4, -0.2) is 11.0 Å². The van der Waals surface area contributed by atoms with Crippen LogP contribution in [0.2, 0.25) is 0 Å². The van der Waals surface area contributed by atoms with Gasteiger partial charge in [0.15, 0.2) is 0 Å². The van der Waals surface area contributed by atoms with E-state index in [2.05, 4.69) is 29.5 Å². The van der Waals surface area contributed by atoms with Gasteiger partial charge in [-0.25, -0.2) is 0 Å². The third kappa shape index (κ3) is 2.54. The van der Waals surface area contributed by atoms with E-state index in [9.17, 15) is 0 Å². The molecular formula is C16H25N3. The van der Waals surface area contributed by atoms with Crippen LogP contribution in [0.4, 0.5) is 0 Å². The maximum absolute atomic E-state index is 5.91. The van der Waals surface area contributed by atoms with Gasteiger partial charge >= 0.3 is 0 Å². The summed E-state index contributed by atoms with van der Waals surface area (Å²) in [5.41, 5.74) is 5.86. The minimum absolute atomic E-state index is 0.402. The molecule has 0 bridgehead atoms. The fourth-order valence-corrected chi connectivity index (χ4v) is 4.18. The van der Waals surface area contributed by atoms with Gasteiger partial charge in [-0.1, -0.05) is 25.8 Å². The molecule has 3 N–H and O–H groups in total. The number of nitrogens with zero attached hydrogens (tertiary/aromatic N) is 1. The third-order valence-corrected chi connectivity index (χ3v) is 5.11. The largest absolute Gasteiger partial charge is 0.271 e. The lowest BCUT2D eigenvalue weighted by Crippen LogP contribution is -2.46. The number of nitrogens with two attached hydrogens (primary N) is 1. The Hall–Kier alpha value is -0.930. The SMILES string of the molecule is CC1CCCC(C(NN)C2CCc3cccnc32)C1. The van der Waals surface area contributed by atoms with Gasteiger partial charge in [0.1, 0.15) is 0 Å². The van der Waals surface area contributed by atoms with Gasteiger partial charge < -0.3 is 0 Å². The molecule has 0 saturated heterocycles. The van der Waals surface area contributed by atoms with Crippen molar-refractivity contribution in [3.8, 4) is 0 Å². The van der Waals surface area contributed by atoms with Gasteiger partial charge in [0, 0.05) is 23.9 Å². The molecule has 0 spiro atoms. The van der Waals surface area contributed by atoms with Crippen molar-refractivity contribution in [2.75, 3.05) is 0 Å². The van der Waals surface area contributed by atoms with E-state index in [1.807, 2.05) is 6.20 Å². The number of nitrogens with one attached hydrogen (secondary N) is 1. The maximum atomic E-state index is 5.91. The van der Waals surface area contributed by atoms with Crippen molar-refractivity contribution in [2.24, 2.45) is 17.7 Å². The summed E-state index contributed by atoms with van der Waals surface area (Å²) in [6, 6.07) is 4.67. The normalized spacial score (nSPS) is 32.0. The Bertz CT molecular complexity index is 432. The van der Waals surface area contributed by atoms with E-state index >= 15 is 0 Å². The number of pyridine rings is 1. The van der Waals surface area contributed by atoms with Crippen LogP contribution < -0.4 is 11.3 Å². The quantitative estimate of drug-likeness (QED) is 0.648. The first-order valence-corrected chi connectivity index (χ1v) is 7.69. The maximum Gasteiger partial charge on any atom is 0.0482 e. The zero-order chi connectivity index (χ0) is 13.2. The summed E-state index contributed by atoms with van der Waals surface area (Å²) in [4.78, 5) is 4.63. The molecule has 0 aromatic carbocycles. The van der Waals surface area contributed by atoms with E-state index < -0.39 is 0 Å². The molecule has 0 amide bonds. The Morgan fingerprint density at radius 3 is 3.05 bits per heavy atom. The molecule has 3 rings (SSSR count). The van der Waals surface area contributed by atoms with E-state index in [-0.39, 0.29) is 0 Å². The molecule has 3 nitrogen and oxygen atoms in total. The molecule has 1 aromatic heterocycles. The van der Waals surface area contributed by atoms with Crippen molar-refractivity contribution in [3.05, 3.63) is 29.6 Å². The van der Waals surface area contributed by atoms with Crippen LogP contribution in [0.3, 0.4) is 0 Å². The molecule has 0 aliphatic heterocycles. The number of rotatable bonds is 3. The van der Waals surface area contributed by atoms with Gasteiger partial charge in [0.25, 0.3) is 0 Å². The standard InChI is InChI=1S/C16H25N3/c1-11-4-2-5-13(10-11)16(19-17)14-8-7-12-6-3-9-18-15(12)14/h3,6,9,11,13-14,16,19H,2,4-5,7-8,10,17H2,1H3. The second-order valence-electron chi connectivity index (χ2n) is 6.42. The first-order valence-electron chi connectivity index (χ1n) is 7.69. The van der Waals surface area contributed by atoms with E-state index in [0.29, 0.717) is 17.9 Å². The Morgan fingerprint density at radius 2 is 2.26 bits per heavy atom. The predicted molar refractivity (Wildman–Crippen MR) is 77.5 cm³/mol. The van der Waals surface area contributed by atoms with Gasteiger partial charge in [-0.05, 0) is 49.1 Å². The Balaban J connectivity index is 1.80. The Kier molecular flexibility index (Phi) is 3.85. The molecule has 19 heavy (non-hydrogen) atoms. The molecule has 104 valence electrons. The highest BCUT2D eigenvalue weighted by Crippen LogP contribution is 2.40. The second-order valence-corrected chi connectivity index (χ2v) is 6.42. The zero-order valence-corrected chi connectivity index (χ0v) is 11.8. The lowest BCUT2D eigenvalue weighted by Gasteiger charge is -2.36. The molecule has 4 atom stereocenters. The van der Waals surface area contributed by atoms with Crippen molar-refractivity contribution in [1.82, 2.24) is 10.4 Å². The fourth-order valence-electron chi connectivity index (χ4n) is 4.18. The molecule has 1 heterocycles. The fraction of sp³-hybridized carbons (Fsp3) is 0.688. The van der Waals surface area contributed by atoms with E-state index in [0.717, 1.165) is 12.3 Å². The summed E-state index contributed by atoms with van der Waals surface area (Å²) >= 11 is 0. The van der Waals surface area contributed by atoms with Gasteiger partial charge in [-0.15, -0.1) is 0 Å². The van der Waals surface area contributed by atoms with Crippen LogP contribution in [0.5, 0.6) is 0 Å². The van der Waals surface area contributed by atoms with Crippen molar-refractivity contribution in [1.29, 1.82) is 0 Å². The molecule has 1 aromatic rings. The van der Waals surface area contributed by atoms with E-state index in [4.69, 9.17) is 5.84 Å². The van der Waals surface area contributed by atoms with Gasteiger partial charge in [0.2, 0.25) is 0 Å². The van der Waals surface area contributed by atoms with Crippen LogP contribution in [0, 0.1) is 11.8 Å². The Morgan fingerprint density at radius 1 is 1.37 bits per heavy atom. The number of hydrazine groups is 1. The van der Waals surface area contributed by atoms with E-state index in [1.54, 1.807) is 0 Å². The first-order chi connectivity index (χ1) is 9.29. The topological polar surface area (TPSA) is 50.9 Å². The van der Waals surface area contributed by atoms with Crippen LogP contribution >= 0.6 is 0 Å². The number of hydrogen-bond donors (Lipinski definition) is 2. The highest BCUT2D eigenvalue weighted by atomic mass is 15.2. The summed E-state index contributed by atoms with van der Waals surface area (Å²) in [7, 11) is 0. The first kappa shape index (κ1) is 13.1. The average molecular weight is 259 g/mol. The van der Waals surface area contributed by atoms with Crippen molar-refractivity contribution >= 4 is 0 Å². The molecule has 2 aliphatic carbocycles. The number of hydrogen-bond acceptors (Lipinski definition) is 3. The lowest BCUT2D eigenvalue weighted by molar-refractivity contribution is 0.200. The minimum Gasteiger partial charge on any atom is -0.271 e. The molecule has 0 radical (unpaired) electrons. The minimum atomic E-state index is 0.402. The predicted octanol–water partition coefficient (Wildman–Crippen LogP) is 2.77.